The van der Waals surface area contributed by atoms with E-state index in [2.05, 4.69) is 59.9 Å². The summed E-state index contributed by atoms with van der Waals surface area (Å²) in [4.78, 5) is 24.6. The maximum atomic E-state index is 9.06. The summed E-state index contributed by atoms with van der Waals surface area (Å²) >= 11 is 0. The topological polar surface area (TPSA) is 183 Å². The second-order valence-electron chi connectivity index (χ2n) is 10.5. The van der Waals surface area contributed by atoms with Crippen LogP contribution in [-0.2, 0) is 6.54 Å². The van der Waals surface area contributed by atoms with Crippen LogP contribution in [0.5, 0.6) is 0 Å². The Labute approximate surface area is 254 Å². The van der Waals surface area contributed by atoms with Gasteiger partial charge in [0.2, 0.25) is 5.82 Å². The molecule has 13 nitrogen and oxygen atoms in total. The number of fused-ring (bicyclic) bond motifs is 1. The number of likely N-dealkylation sites (tertiary alicyclic amines) is 1. The summed E-state index contributed by atoms with van der Waals surface area (Å²) < 4.78 is 1.99. The number of piperidine rings is 1. The van der Waals surface area contributed by atoms with Gasteiger partial charge in [-0.1, -0.05) is 12.1 Å². The fourth-order valence-corrected chi connectivity index (χ4v) is 5.23. The third-order valence-corrected chi connectivity index (χ3v) is 7.49. The van der Waals surface area contributed by atoms with Crippen LogP contribution in [-0.4, -0.2) is 53.5 Å². The average molecular weight is 586 g/mol. The summed E-state index contributed by atoms with van der Waals surface area (Å²) in [6, 6.07) is 20.0. The summed E-state index contributed by atoms with van der Waals surface area (Å²) in [5, 5.41) is 19.0. The van der Waals surface area contributed by atoms with Gasteiger partial charge in [-0.05, 0) is 67.8 Å². The van der Waals surface area contributed by atoms with E-state index in [1.807, 2.05) is 34.9 Å². The predicted molar refractivity (Wildman–Crippen MR) is 168 cm³/mol. The Bertz CT molecular complexity index is 1860. The molecule has 0 bridgehead atoms. The van der Waals surface area contributed by atoms with Gasteiger partial charge in [-0.15, -0.1) is 0 Å². The van der Waals surface area contributed by atoms with Crippen LogP contribution in [0.4, 0.5) is 17.5 Å². The molecule has 0 amide bonds. The van der Waals surface area contributed by atoms with Gasteiger partial charge in [0.25, 0.3) is 0 Å². The zero-order valence-electron chi connectivity index (χ0n) is 24.1. The molecule has 5 aromatic rings. The highest BCUT2D eigenvalue weighted by atomic mass is 15.2. The normalized spacial score (nSPS) is 14.3. The minimum Gasteiger partial charge on any atom is -0.383 e. The Morgan fingerprint density at radius 3 is 2.61 bits per heavy atom. The van der Waals surface area contributed by atoms with E-state index in [0.29, 0.717) is 46.2 Å². The van der Waals surface area contributed by atoms with Gasteiger partial charge in [-0.3, -0.25) is 9.47 Å². The molecule has 6 rings (SSSR count). The van der Waals surface area contributed by atoms with E-state index in [1.165, 1.54) is 5.56 Å². The Kier molecular flexibility index (Phi) is 8.15. The standard InChI is InChI=1S/C31H31N13/c1-20(42-34)18-37-26-9-8-25-31(41-26)44(30(39-25)24-3-2-13-36-29(24)33)23-6-4-21(5-7-23)19-43-15-11-22(12-16-43)38-27-10-14-35-28(17-32)40-27/h2-10,13-14,18,22,34H,11-12,15-16,19H2,1H3,(H2,33,36)(H,37,41)(H,35,38,40)/b20-18-,42-34?. The molecule has 0 atom stereocenters. The van der Waals surface area contributed by atoms with Crippen LogP contribution in [0.1, 0.15) is 31.2 Å². The number of pyridine rings is 2. The molecule has 0 aliphatic carbocycles. The Morgan fingerprint density at radius 1 is 1.05 bits per heavy atom. The molecule has 4 aromatic heterocycles. The van der Waals surface area contributed by atoms with E-state index in [1.54, 1.807) is 31.6 Å². The molecule has 1 aliphatic rings. The van der Waals surface area contributed by atoms with Gasteiger partial charge >= 0.3 is 0 Å². The van der Waals surface area contributed by atoms with Crippen molar-refractivity contribution in [1.82, 2.24) is 34.4 Å². The number of nitrogens with two attached hydrogens (primary N) is 1. The molecule has 44 heavy (non-hydrogen) atoms. The van der Waals surface area contributed by atoms with Crippen molar-refractivity contribution in [3.05, 3.63) is 90.3 Å². The monoisotopic (exact) mass is 585 g/mol. The Hall–Kier alpha value is -5.74. The van der Waals surface area contributed by atoms with Crippen LogP contribution in [0.2, 0.25) is 0 Å². The Morgan fingerprint density at radius 2 is 1.86 bits per heavy atom. The van der Waals surface area contributed by atoms with Gasteiger partial charge < -0.3 is 16.4 Å². The third kappa shape index (κ3) is 6.20. The van der Waals surface area contributed by atoms with E-state index in [0.717, 1.165) is 43.7 Å². The lowest BCUT2D eigenvalue weighted by Gasteiger charge is -2.32. The van der Waals surface area contributed by atoms with E-state index in [4.69, 9.17) is 26.5 Å². The molecule has 1 fully saturated rings. The molecule has 13 heteroatoms. The number of hydrogen-bond acceptors (Lipinski definition) is 12. The lowest BCUT2D eigenvalue weighted by molar-refractivity contribution is 0.211. The molecule has 0 spiro atoms. The number of anilines is 3. The van der Waals surface area contributed by atoms with Crippen LogP contribution < -0.4 is 16.4 Å². The molecule has 0 radical (unpaired) electrons. The first-order valence-electron chi connectivity index (χ1n) is 14.2. The minimum absolute atomic E-state index is 0.173. The number of aromatic nitrogens is 6. The van der Waals surface area contributed by atoms with E-state index in [-0.39, 0.29) is 5.82 Å². The number of rotatable bonds is 9. The molecular weight excluding hydrogens is 554 g/mol. The van der Waals surface area contributed by atoms with Gasteiger partial charge in [0.15, 0.2) is 11.5 Å². The third-order valence-electron chi connectivity index (χ3n) is 7.49. The van der Waals surface area contributed by atoms with Crippen LogP contribution in [0.25, 0.3) is 28.2 Å². The van der Waals surface area contributed by atoms with Gasteiger partial charge in [-0.2, -0.15) is 10.4 Å². The molecule has 1 aromatic carbocycles. The average Bonchev–Trinajstić information content (AvgIpc) is 3.43. The van der Waals surface area contributed by atoms with Crippen molar-refractivity contribution < 1.29 is 0 Å². The van der Waals surface area contributed by atoms with Crippen molar-refractivity contribution in [2.75, 3.05) is 29.5 Å². The molecule has 220 valence electrons. The number of nitrogens with zero attached hydrogens (tertiary/aromatic N) is 9. The maximum absolute atomic E-state index is 9.06. The summed E-state index contributed by atoms with van der Waals surface area (Å²) in [5.41, 5.74) is 18.2. The van der Waals surface area contributed by atoms with E-state index < -0.39 is 0 Å². The lowest BCUT2D eigenvalue weighted by Crippen LogP contribution is -2.38. The Balaban J connectivity index is 1.21. The van der Waals surface area contributed by atoms with E-state index >= 15 is 0 Å². The summed E-state index contributed by atoms with van der Waals surface area (Å²) in [6.07, 6.45) is 6.86. The largest absolute Gasteiger partial charge is 0.383 e. The van der Waals surface area contributed by atoms with Gasteiger partial charge in [0.1, 0.15) is 29.0 Å². The molecule has 0 saturated carbocycles. The number of imidazole rings is 1. The zero-order valence-corrected chi connectivity index (χ0v) is 24.1. The van der Waals surface area contributed by atoms with Crippen molar-refractivity contribution in [3.63, 3.8) is 0 Å². The van der Waals surface area contributed by atoms with Crippen molar-refractivity contribution in [1.29, 1.82) is 10.8 Å². The minimum atomic E-state index is 0.173. The van der Waals surface area contributed by atoms with E-state index in [9.17, 15) is 0 Å². The van der Waals surface area contributed by atoms with Crippen molar-refractivity contribution in [2.45, 2.75) is 32.4 Å². The van der Waals surface area contributed by atoms with Crippen LogP contribution in [0.15, 0.2) is 84.0 Å². The summed E-state index contributed by atoms with van der Waals surface area (Å²) in [5.74, 6) is 2.51. The zero-order chi connectivity index (χ0) is 30.5. The van der Waals surface area contributed by atoms with Crippen molar-refractivity contribution >= 4 is 28.6 Å². The van der Waals surface area contributed by atoms with Crippen LogP contribution in [0, 0.1) is 16.9 Å². The number of nitrogens with one attached hydrogen (secondary N) is 3. The number of nitrogen functional groups attached to an aromatic ring is 1. The molecule has 0 unspecified atom stereocenters. The second kappa shape index (κ2) is 12.6. The summed E-state index contributed by atoms with van der Waals surface area (Å²) in [7, 11) is 0. The highest BCUT2D eigenvalue weighted by Crippen LogP contribution is 2.31. The highest BCUT2D eigenvalue weighted by Gasteiger charge is 2.21. The first kappa shape index (κ1) is 28.4. The van der Waals surface area contributed by atoms with Crippen LogP contribution in [0.3, 0.4) is 0 Å². The SMILES string of the molecule is C/C(=C/Nc1ccc2nc(-c3cccnc3N)n(-c3ccc(CN4CCC(Nc5ccnc(C#N)n5)CC4)cc3)c2n1)N=N. The summed E-state index contributed by atoms with van der Waals surface area (Å²) in [6.45, 7) is 4.48. The van der Waals surface area contributed by atoms with Gasteiger partial charge in [0, 0.05) is 50.0 Å². The number of benzene rings is 1. The molecule has 5 heterocycles. The number of nitriles is 1. The second-order valence-corrected chi connectivity index (χ2v) is 10.5. The first-order valence-corrected chi connectivity index (χ1v) is 14.2. The van der Waals surface area contributed by atoms with Crippen molar-refractivity contribution in [3.8, 4) is 23.1 Å². The van der Waals surface area contributed by atoms with Crippen molar-refractivity contribution in [2.24, 2.45) is 5.11 Å². The lowest BCUT2D eigenvalue weighted by atomic mass is 10.0. The number of allylic oxidation sites excluding steroid dienone is 1. The maximum Gasteiger partial charge on any atom is 0.234 e. The van der Waals surface area contributed by atoms with Gasteiger partial charge in [-0.25, -0.2) is 30.5 Å². The fourth-order valence-electron chi connectivity index (χ4n) is 5.23. The molecule has 5 N–H and O–H groups in total. The molecular formula is C31H31N13. The number of hydrogen-bond donors (Lipinski definition) is 4. The van der Waals surface area contributed by atoms with Gasteiger partial charge in [0.05, 0.1) is 11.3 Å². The molecule has 1 aliphatic heterocycles. The quantitative estimate of drug-likeness (QED) is 0.170. The highest BCUT2D eigenvalue weighted by molar-refractivity contribution is 5.83. The predicted octanol–water partition coefficient (Wildman–Crippen LogP) is 5.11. The first-order chi connectivity index (χ1) is 21.5. The smallest absolute Gasteiger partial charge is 0.234 e. The fraction of sp³-hybridized carbons (Fsp3) is 0.226. The van der Waals surface area contributed by atoms with Crippen LogP contribution >= 0.6 is 0 Å². The molecule has 1 saturated heterocycles.